The Morgan fingerprint density at radius 3 is 2.80 bits per heavy atom. The molecule has 6 nitrogen and oxygen atoms in total. The average molecular weight is 215 g/mol. The van der Waals surface area contributed by atoms with E-state index in [0.29, 0.717) is 19.8 Å². The predicted molar refractivity (Wildman–Crippen MR) is 54.4 cm³/mol. The van der Waals surface area contributed by atoms with Crippen LogP contribution < -0.4 is 16.0 Å². The van der Waals surface area contributed by atoms with Gasteiger partial charge in [0.05, 0.1) is 19.2 Å². The summed E-state index contributed by atoms with van der Waals surface area (Å²) in [5.74, 6) is -0.185. The Hall–Kier alpha value is -1.30. The van der Waals surface area contributed by atoms with Gasteiger partial charge in [-0.05, 0) is 13.3 Å². The third-order valence-electron chi connectivity index (χ3n) is 2.05. The van der Waals surface area contributed by atoms with Gasteiger partial charge in [-0.1, -0.05) is 0 Å². The van der Waals surface area contributed by atoms with Gasteiger partial charge in [-0.25, -0.2) is 4.79 Å². The minimum Gasteiger partial charge on any atom is -0.379 e. The zero-order chi connectivity index (χ0) is 11.1. The molecule has 1 saturated heterocycles. The van der Waals surface area contributed by atoms with Crippen LogP contribution in [0.5, 0.6) is 0 Å². The largest absolute Gasteiger partial charge is 0.379 e. The summed E-state index contributed by atoms with van der Waals surface area (Å²) in [5, 5.41) is 7.79. The van der Waals surface area contributed by atoms with Crippen molar-refractivity contribution in [3.8, 4) is 0 Å². The number of hydrogen-bond donors (Lipinski definition) is 3. The first kappa shape index (κ1) is 11.8. The van der Waals surface area contributed by atoms with Crippen molar-refractivity contribution in [2.75, 3.05) is 26.3 Å². The zero-order valence-electron chi connectivity index (χ0n) is 8.84. The van der Waals surface area contributed by atoms with Crippen molar-refractivity contribution in [2.45, 2.75) is 19.4 Å². The molecule has 0 aliphatic carbocycles. The lowest BCUT2D eigenvalue weighted by atomic mass is 10.3. The van der Waals surface area contributed by atoms with Crippen LogP contribution in [0.15, 0.2) is 0 Å². The summed E-state index contributed by atoms with van der Waals surface area (Å²) in [6.07, 6.45) is 0.828. The van der Waals surface area contributed by atoms with Crippen LogP contribution in [0.4, 0.5) is 4.79 Å². The summed E-state index contributed by atoms with van der Waals surface area (Å²) in [6, 6.07) is -0.254. The number of urea groups is 1. The molecule has 0 aromatic heterocycles. The Balaban J connectivity index is 2.10. The molecule has 3 amide bonds. The normalized spacial score (nSPS) is 19.7. The quantitative estimate of drug-likeness (QED) is 0.575. The molecule has 0 aromatic rings. The van der Waals surface area contributed by atoms with Crippen molar-refractivity contribution in [1.29, 1.82) is 0 Å². The molecule has 0 spiro atoms. The van der Waals surface area contributed by atoms with Gasteiger partial charge < -0.3 is 20.7 Å². The fourth-order valence-corrected chi connectivity index (χ4v) is 1.31. The van der Waals surface area contributed by atoms with Crippen LogP contribution in [0, 0.1) is 0 Å². The van der Waals surface area contributed by atoms with Crippen molar-refractivity contribution in [3.05, 3.63) is 0 Å². The topological polar surface area (TPSA) is 79.5 Å². The number of carbonyl (C=O) groups excluding carboxylic acids is 2. The van der Waals surface area contributed by atoms with Crippen molar-refractivity contribution in [2.24, 2.45) is 0 Å². The number of ether oxygens (including phenoxy) is 1. The van der Waals surface area contributed by atoms with E-state index < -0.39 is 0 Å². The molecule has 1 atom stereocenters. The molecule has 0 radical (unpaired) electrons. The highest BCUT2D eigenvalue weighted by Gasteiger charge is 2.17. The van der Waals surface area contributed by atoms with Crippen molar-refractivity contribution >= 4 is 11.9 Å². The van der Waals surface area contributed by atoms with E-state index in [2.05, 4.69) is 16.0 Å². The number of rotatable bonds is 4. The lowest BCUT2D eigenvalue weighted by molar-refractivity contribution is -0.119. The van der Waals surface area contributed by atoms with Crippen molar-refractivity contribution in [3.63, 3.8) is 0 Å². The molecule has 0 aromatic carbocycles. The molecular formula is C9H17N3O3. The van der Waals surface area contributed by atoms with Gasteiger partial charge in [0.15, 0.2) is 0 Å². The molecule has 15 heavy (non-hydrogen) atoms. The smallest absolute Gasteiger partial charge is 0.315 e. The van der Waals surface area contributed by atoms with Crippen LogP contribution in [-0.4, -0.2) is 44.3 Å². The highest BCUT2D eigenvalue weighted by molar-refractivity contribution is 5.83. The summed E-state index contributed by atoms with van der Waals surface area (Å²) >= 11 is 0. The lowest BCUT2D eigenvalue weighted by Gasteiger charge is -2.11. The van der Waals surface area contributed by atoms with Gasteiger partial charge in [0.1, 0.15) is 0 Å². The summed E-state index contributed by atoms with van der Waals surface area (Å²) < 4.78 is 5.10. The standard InChI is InChI=1S/C9H17N3O3/c1-2-10-8(13)5-11-9(14)12-7-3-4-15-6-7/h7H,2-6H2,1H3,(H,10,13)(H2,11,12,14). The Kier molecular flexibility index (Phi) is 4.89. The second kappa shape index (κ2) is 6.23. The van der Waals surface area contributed by atoms with Gasteiger partial charge in [0.25, 0.3) is 0 Å². The molecule has 1 unspecified atom stereocenters. The van der Waals surface area contributed by atoms with E-state index >= 15 is 0 Å². The molecule has 0 saturated carbocycles. The van der Waals surface area contributed by atoms with Crippen LogP contribution in [-0.2, 0) is 9.53 Å². The van der Waals surface area contributed by atoms with Gasteiger partial charge >= 0.3 is 6.03 Å². The van der Waals surface area contributed by atoms with E-state index in [9.17, 15) is 9.59 Å². The zero-order valence-corrected chi connectivity index (χ0v) is 8.84. The molecule has 1 aliphatic heterocycles. The van der Waals surface area contributed by atoms with Gasteiger partial charge in [0, 0.05) is 13.2 Å². The molecule has 0 bridgehead atoms. The fourth-order valence-electron chi connectivity index (χ4n) is 1.31. The van der Waals surface area contributed by atoms with Gasteiger partial charge in [0.2, 0.25) is 5.91 Å². The van der Waals surface area contributed by atoms with Crippen molar-refractivity contribution in [1.82, 2.24) is 16.0 Å². The molecule has 1 fully saturated rings. The molecule has 1 rings (SSSR count). The van der Waals surface area contributed by atoms with Crippen LogP contribution >= 0.6 is 0 Å². The first-order valence-corrected chi connectivity index (χ1v) is 5.11. The van der Waals surface area contributed by atoms with E-state index in [0.717, 1.165) is 6.42 Å². The second-order valence-electron chi connectivity index (χ2n) is 3.34. The van der Waals surface area contributed by atoms with Crippen LogP contribution in [0.25, 0.3) is 0 Å². The Morgan fingerprint density at radius 2 is 2.20 bits per heavy atom. The molecule has 1 heterocycles. The number of carbonyl (C=O) groups is 2. The highest BCUT2D eigenvalue weighted by atomic mass is 16.5. The van der Waals surface area contributed by atoms with Crippen LogP contribution in [0.2, 0.25) is 0 Å². The maximum atomic E-state index is 11.2. The van der Waals surface area contributed by atoms with Crippen LogP contribution in [0.1, 0.15) is 13.3 Å². The molecule has 1 aliphatic rings. The SMILES string of the molecule is CCNC(=O)CNC(=O)NC1CCOC1. The van der Waals surface area contributed by atoms with E-state index in [1.165, 1.54) is 0 Å². The second-order valence-corrected chi connectivity index (χ2v) is 3.34. The summed E-state index contributed by atoms with van der Waals surface area (Å²) in [5.41, 5.74) is 0. The maximum absolute atomic E-state index is 11.2. The van der Waals surface area contributed by atoms with Crippen molar-refractivity contribution < 1.29 is 14.3 Å². The molecule has 3 N–H and O–H groups in total. The molecular weight excluding hydrogens is 198 g/mol. The van der Waals surface area contributed by atoms with Gasteiger partial charge in [-0.2, -0.15) is 0 Å². The van der Waals surface area contributed by atoms with Gasteiger partial charge in [-0.3, -0.25) is 4.79 Å². The first-order chi connectivity index (χ1) is 7.22. The average Bonchev–Trinajstić information content (AvgIpc) is 2.68. The Labute approximate surface area is 88.7 Å². The summed E-state index contributed by atoms with van der Waals surface area (Å²) in [7, 11) is 0. The molecule has 86 valence electrons. The van der Waals surface area contributed by atoms with E-state index in [-0.39, 0.29) is 24.5 Å². The number of hydrogen-bond acceptors (Lipinski definition) is 3. The van der Waals surface area contributed by atoms with E-state index in [1.807, 2.05) is 6.92 Å². The Morgan fingerprint density at radius 1 is 1.40 bits per heavy atom. The predicted octanol–water partition coefficient (Wildman–Crippen LogP) is -0.789. The van der Waals surface area contributed by atoms with E-state index in [4.69, 9.17) is 4.74 Å². The lowest BCUT2D eigenvalue weighted by Crippen LogP contribution is -2.45. The monoisotopic (exact) mass is 215 g/mol. The maximum Gasteiger partial charge on any atom is 0.315 e. The van der Waals surface area contributed by atoms with Crippen LogP contribution in [0.3, 0.4) is 0 Å². The third kappa shape index (κ3) is 4.64. The van der Waals surface area contributed by atoms with Gasteiger partial charge in [-0.15, -0.1) is 0 Å². The summed E-state index contributed by atoms with van der Waals surface area (Å²) in [6.45, 7) is 3.63. The minimum absolute atomic E-state index is 0.00719. The fraction of sp³-hybridized carbons (Fsp3) is 0.778. The van der Waals surface area contributed by atoms with E-state index in [1.54, 1.807) is 0 Å². The highest BCUT2D eigenvalue weighted by Crippen LogP contribution is 2.02. The molecule has 6 heteroatoms. The number of nitrogens with one attached hydrogen (secondary N) is 3. The number of amides is 3. The number of likely N-dealkylation sites (N-methyl/N-ethyl adjacent to an activating group) is 1. The third-order valence-corrected chi connectivity index (χ3v) is 2.05. The minimum atomic E-state index is -0.322. The Bertz CT molecular complexity index is 227. The first-order valence-electron chi connectivity index (χ1n) is 5.11. The summed E-state index contributed by atoms with van der Waals surface area (Å²) in [4.78, 5) is 22.3.